The van der Waals surface area contributed by atoms with Crippen LogP contribution in [0.1, 0.15) is 12.8 Å². The molecule has 0 saturated carbocycles. The number of nitrogens with two attached hydrogens (primary N) is 1. The summed E-state index contributed by atoms with van der Waals surface area (Å²) in [4.78, 5) is 10.4. The maximum Gasteiger partial charge on any atom is 0.277 e. The predicted molar refractivity (Wildman–Crippen MR) is 122 cm³/mol. The van der Waals surface area contributed by atoms with Crippen LogP contribution < -0.4 is 19.3 Å². The summed E-state index contributed by atoms with van der Waals surface area (Å²) in [6.45, 7) is 1.18. The number of hydrogen-bond acceptors (Lipinski definition) is 9. The Balaban J connectivity index is 1.48. The van der Waals surface area contributed by atoms with Gasteiger partial charge in [0, 0.05) is 31.3 Å². The zero-order valence-electron chi connectivity index (χ0n) is 18.3. The normalized spacial score (nSPS) is 15.2. The van der Waals surface area contributed by atoms with Gasteiger partial charge in [-0.25, -0.2) is 5.14 Å². The Kier molecular flexibility index (Phi) is 6.77. The molecule has 0 aliphatic carbocycles. The molecule has 34 heavy (non-hydrogen) atoms. The lowest BCUT2D eigenvalue weighted by Crippen LogP contribution is -2.43. The molecule has 0 bridgehead atoms. The number of fused-ring (bicyclic) bond motifs is 1. The molecule has 0 radical (unpaired) electrons. The fraction of sp³-hybridized carbons (Fsp3) is 0.333. The second kappa shape index (κ2) is 9.75. The first kappa shape index (κ1) is 23.6. The van der Waals surface area contributed by atoms with E-state index in [1.165, 1.54) is 35.7 Å². The second-order valence-corrected chi connectivity index (χ2v) is 9.32. The third-order valence-electron chi connectivity index (χ3n) is 5.54. The summed E-state index contributed by atoms with van der Waals surface area (Å²) in [7, 11) is -2.21. The van der Waals surface area contributed by atoms with Crippen LogP contribution in [0.15, 0.2) is 42.5 Å². The highest BCUT2D eigenvalue weighted by atomic mass is 32.2. The SMILES string of the molecule is COc1nnc2cc(OCC3CCN(S(N)(=O)=O)CC3)ccc2c1Oc1ccc([N+](=O)[O-])cc1. The predicted octanol–water partition coefficient (Wildman–Crippen LogP) is 2.63. The van der Waals surface area contributed by atoms with Crippen LogP contribution in [0.2, 0.25) is 0 Å². The number of ether oxygens (including phenoxy) is 3. The van der Waals surface area contributed by atoms with E-state index >= 15 is 0 Å². The number of nitro benzene ring substituents is 1. The molecule has 1 aromatic heterocycles. The number of rotatable bonds is 8. The minimum atomic E-state index is -3.65. The molecule has 4 rings (SSSR count). The topological polar surface area (TPSA) is 160 Å². The molecule has 2 heterocycles. The third-order valence-corrected chi connectivity index (χ3v) is 6.62. The summed E-state index contributed by atoms with van der Waals surface area (Å²) in [6.07, 6.45) is 1.32. The van der Waals surface area contributed by atoms with E-state index in [1.807, 2.05) is 0 Å². The van der Waals surface area contributed by atoms with Gasteiger partial charge in [-0.15, -0.1) is 10.2 Å². The largest absolute Gasteiger partial charge is 0.493 e. The van der Waals surface area contributed by atoms with Crippen molar-refractivity contribution in [3.05, 3.63) is 52.6 Å². The van der Waals surface area contributed by atoms with Crippen LogP contribution in [0, 0.1) is 16.0 Å². The Morgan fingerprint density at radius 2 is 1.79 bits per heavy atom. The minimum Gasteiger partial charge on any atom is -0.493 e. The molecule has 0 amide bonds. The van der Waals surface area contributed by atoms with E-state index < -0.39 is 15.1 Å². The highest BCUT2D eigenvalue weighted by molar-refractivity contribution is 7.86. The molecular formula is C21H23N5O7S. The first-order valence-corrected chi connectivity index (χ1v) is 11.9. The van der Waals surface area contributed by atoms with Gasteiger partial charge in [-0.05, 0) is 43.0 Å². The summed E-state index contributed by atoms with van der Waals surface area (Å²) in [5.41, 5.74) is 0.466. The van der Waals surface area contributed by atoms with Crippen LogP contribution >= 0.6 is 0 Å². The molecule has 1 fully saturated rings. The van der Waals surface area contributed by atoms with E-state index in [-0.39, 0.29) is 17.5 Å². The molecule has 2 N–H and O–H groups in total. The Labute approximate surface area is 195 Å². The van der Waals surface area contributed by atoms with Gasteiger partial charge >= 0.3 is 0 Å². The Bertz CT molecular complexity index is 1290. The third kappa shape index (κ3) is 5.32. The zero-order valence-corrected chi connectivity index (χ0v) is 19.1. The van der Waals surface area contributed by atoms with E-state index in [2.05, 4.69) is 10.2 Å². The lowest BCUT2D eigenvalue weighted by molar-refractivity contribution is -0.384. The van der Waals surface area contributed by atoms with Crippen LogP contribution in [-0.4, -0.2) is 54.6 Å². The van der Waals surface area contributed by atoms with Crippen molar-refractivity contribution in [1.29, 1.82) is 0 Å². The van der Waals surface area contributed by atoms with Crippen LogP contribution in [0.5, 0.6) is 23.1 Å². The van der Waals surface area contributed by atoms with E-state index in [1.54, 1.807) is 18.2 Å². The van der Waals surface area contributed by atoms with Crippen molar-refractivity contribution < 1.29 is 27.6 Å². The number of piperidine rings is 1. The van der Waals surface area contributed by atoms with E-state index in [4.69, 9.17) is 19.3 Å². The maximum absolute atomic E-state index is 11.4. The van der Waals surface area contributed by atoms with Crippen molar-refractivity contribution in [2.24, 2.45) is 11.1 Å². The lowest BCUT2D eigenvalue weighted by atomic mass is 9.99. The number of non-ortho nitro benzene ring substituents is 1. The maximum atomic E-state index is 11.4. The number of methoxy groups -OCH3 is 1. The van der Waals surface area contributed by atoms with Gasteiger partial charge in [0.15, 0.2) is 5.75 Å². The summed E-state index contributed by atoms with van der Waals surface area (Å²) >= 11 is 0. The Hall–Kier alpha value is -3.55. The Morgan fingerprint density at radius 3 is 2.41 bits per heavy atom. The first-order valence-electron chi connectivity index (χ1n) is 10.4. The molecule has 1 saturated heterocycles. The van der Waals surface area contributed by atoms with Crippen molar-refractivity contribution in [2.75, 3.05) is 26.8 Å². The number of benzene rings is 2. The Morgan fingerprint density at radius 1 is 1.12 bits per heavy atom. The fourth-order valence-electron chi connectivity index (χ4n) is 3.67. The van der Waals surface area contributed by atoms with E-state index in [0.29, 0.717) is 60.7 Å². The molecule has 180 valence electrons. The molecule has 1 aliphatic rings. The van der Waals surface area contributed by atoms with Crippen molar-refractivity contribution in [3.8, 4) is 23.1 Å². The molecule has 0 atom stereocenters. The van der Waals surface area contributed by atoms with Gasteiger partial charge in [0.2, 0.25) is 0 Å². The monoisotopic (exact) mass is 489 g/mol. The molecule has 0 unspecified atom stereocenters. The summed E-state index contributed by atoms with van der Waals surface area (Å²) in [5.74, 6) is 1.66. The average Bonchev–Trinajstić information content (AvgIpc) is 2.83. The van der Waals surface area contributed by atoms with Gasteiger partial charge in [-0.1, -0.05) is 0 Å². The van der Waals surface area contributed by atoms with Crippen molar-refractivity contribution in [1.82, 2.24) is 14.5 Å². The van der Waals surface area contributed by atoms with Crippen molar-refractivity contribution in [2.45, 2.75) is 12.8 Å². The van der Waals surface area contributed by atoms with Gasteiger partial charge < -0.3 is 14.2 Å². The smallest absolute Gasteiger partial charge is 0.277 e. The van der Waals surface area contributed by atoms with E-state index in [0.717, 1.165) is 0 Å². The van der Waals surface area contributed by atoms with Crippen LogP contribution in [0.25, 0.3) is 10.9 Å². The number of aromatic nitrogens is 2. The van der Waals surface area contributed by atoms with Gasteiger partial charge in [-0.3, -0.25) is 10.1 Å². The number of nitrogens with zero attached hydrogens (tertiary/aromatic N) is 4. The summed E-state index contributed by atoms with van der Waals surface area (Å²) < 4.78 is 41.3. The van der Waals surface area contributed by atoms with Crippen molar-refractivity contribution in [3.63, 3.8) is 0 Å². The quantitative estimate of drug-likeness (QED) is 0.370. The lowest BCUT2D eigenvalue weighted by Gasteiger charge is -2.29. The molecular weight excluding hydrogens is 466 g/mol. The number of nitro groups is 1. The van der Waals surface area contributed by atoms with Gasteiger partial charge in [-0.2, -0.15) is 12.7 Å². The highest BCUT2D eigenvalue weighted by Gasteiger charge is 2.25. The molecule has 12 nitrogen and oxygen atoms in total. The average molecular weight is 490 g/mol. The van der Waals surface area contributed by atoms with Crippen LogP contribution in [0.3, 0.4) is 0 Å². The highest BCUT2D eigenvalue weighted by Crippen LogP contribution is 2.37. The van der Waals surface area contributed by atoms with Crippen LogP contribution in [-0.2, 0) is 10.2 Å². The molecule has 3 aromatic rings. The van der Waals surface area contributed by atoms with Crippen LogP contribution in [0.4, 0.5) is 5.69 Å². The van der Waals surface area contributed by atoms with Gasteiger partial charge in [0.25, 0.3) is 21.8 Å². The zero-order chi connectivity index (χ0) is 24.3. The van der Waals surface area contributed by atoms with E-state index in [9.17, 15) is 18.5 Å². The van der Waals surface area contributed by atoms with Gasteiger partial charge in [0.1, 0.15) is 17.0 Å². The molecule has 13 heteroatoms. The van der Waals surface area contributed by atoms with Gasteiger partial charge in [0.05, 0.1) is 24.0 Å². The number of hydrogen-bond donors (Lipinski definition) is 1. The second-order valence-electron chi connectivity index (χ2n) is 7.77. The fourth-order valence-corrected chi connectivity index (χ4v) is 4.39. The standard InChI is InChI=1S/C21H23N5O7S/c1-31-21-20(33-16-4-2-15(3-5-16)26(27)28)18-7-6-17(12-19(18)23-24-21)32-13-14-8-10-25(11-9-14)34(22,29)30/h2-7,12,14H,8-11,13H2,1H3,(H2,22,29,30). The summed E-state index contributed by atoms with van der Waals surface area (Å²) in [6, 6.07) is 10.9. The molecule has 1 aliphatic heterocycles. The van der Waals surface area contributed by atoms with Crippen molar-refractivity contribution >= 4 is 26.8 Å². The first-order chi connectivity index (χ1) is 16.2. The molecule has 2 aromatic carbocycles. The minimum absolute atomic E-state index is 0.0471. The molecule has 0 spiro atoms. The summed E-state index contributed by atoms with van der Waals surface area (Å²) in [5, 5.41) is 24.9.